The number of aryl methyl sites for hydroxylation is 1. The standard InChI is InChI=1S/C9H12O2.Na.H/c1-3-7-5-4-6-8(10)9(7)11-2;;/h4-6,10H,3H2,1-2H3;;. The van der Waals surface area contributed by atoms with Crippen molar-refractivity contribution in [3.8, 4) is 11.5 Å². The fraction of sp³-hybridized carbons (Fsp3) is 0.333. The van der Waals surface area contributed by atoms with Gasteiger partial charge in [0.15, 0.2) is 11.5 Å². The molecule has 1 aromatic carbocycles. The zero-order valence-corrected chi connectivity index (χ0v) is 6.79. The SMILES string of the molecule is CCc1cccc(O)c1OC.[NaH]. The number of aromatic hydroxyl groups is 1. The second-order valence-corrected chi connectivity index (χ2v) is 2.32. The molecular weight excluding hydrogens is 163 g/mol. The number of phenolic OH excluding ortho intramolecular Hbond substituents is 1. The zero-order valence-electron chi connectivity index (χ0n) is 6.79. The molecule has 1 rings (SSSR count). The van der Waals surface area contributed by atoms with Gasteiger partial charge in [0.25, 0.3) is 0 Å². The van der Waals surface area contributed by atoms with Crippen molar-refractivity contribution in [1.82, 2.24) is 0 Å². The third kappa shape index (κ3) is 2.41. The van der Waals surface area contributed by atoms with Gasteiger partial charge in [-0.3, -0.25) is 0 Å². The molecule has 0 atom stereocenters. The molecule has 0 bridgehead atoms. The summed E-state index contributed by atoms with van der Waals surface area (Å²) in [5.74, 6) is 0.807. The maximum absolute atomic E-state index is 9.30. The van der Waals surface area contributed by atoms with Gasteiger partial charge in [-0.1, -0.05) is 19.1 Å². The van der Waals surface area contributed by atoms with Crippen molar-refractivity contribution in [1.29, 1.82) is 0 Å². The third-order valence-corrected chi connectivity index (χ3v) is 1.66. The number of ether oxygens (including phenoxy) is 1. The molecule has 2 nitrogen and oxygen atoms in total. The Labute approximate surface area is 94.8 Å². The minimum absolute atomic E-state index is 0. The van der Waals surface area contributed by atoms with E-state index in [2.05, 4.69) is 0 Å². The molecule has 0 fully saturated rings. The predicted octanol–water partition coefficient (Wildman–Crippen LogP) is 1.31. The van der Waals surface area contributed by atoms with E-state index in [1.807, 2.05) is 19.1 Å². The summed E-state index contributed by atoms with van der Waals surface area (Å²) >= 11 is 0. The quantitative estimate of drug-likeness (QED) is 0.688. The minimum atomic E-state index is 0. The summed E-state index contributed by atoms with van der Waals surface area (Å²) < 4.78 is 5.02. The molecule has 1 aromatic rings. The molecule has 0 aliphatic heterocycles. The van der Waals surface area contributed by atoms with E-state index in [9.17, 15) is 5.11 Å². The van der Waals surface area contributed by atoms with Crippen LogP contribution in [0.25, 0.3) is 0 Å². The maximum atomic E-state index is 9.30. The van der Waals surface area contributed by atoms with E-state index in [-0.39, 0.29) is 35.3 Å². The first kappa shape index (κ1) is 11.8. The van der Waals surface area contributed by atoms with Crippen LogP contribution in [0.4, 0.5) is 0 Å². The van der Waals surface area contributed by atoms with E-state index in [0.29, 0.717) is 5.75 Å². The molecule has 62 valence electrons. The molecule has 0 aliphatic carbocycles. The van der Waals surface area contributed by atoms with Gasteiger partial charge in [-0.05, 0) is 18.1 Å². The first-order chi connectivity index (χ1) is 5.29. The Morgan fingerprint density at radius 1 is 1.42 bits per heavy atom. The van der Waals surface area contributed by atoms with Gasteiger partial charge >= 0.3 is 29.6 Å². The van der Waals surface area contributed by atoms with Gasteiger partial charge in [-0.15, -0.1) is 0 Å². The first-order valence-corrected chi connectivity index (χ1v) is 3.64. The van der Waals surface area contributed by atoms with Crippen LogP contribution in [0.5, 0.6) is 11.5 Å². The van der Waals surface area contributed by atoms with E-state index in [1.165, 1.54) is 0 Å². The molecule has 3 heteroatoms. The molecule has 0 amide bonds. The molecule has 0 saturated carbocycles. The Bertz CT molecular complexity index is 248. The van der Waals surface area contributed by atoms with Crippen LogP contribution in [0.3, 0.4) is 0 Å². The monoisotopic (exact) mass is 176 g/mol. The molecule has 0 saturated heterocycles. The van der Waals surface area contributed by atoms with Gasteiger partial charge in [0.2, 0.25) is 0 Å². The van der Waals surface area contributed by atoms with Gasteiger partial charge in [0.05, 0.1) is 7.11 Å². The Hall–Kier alpha value is -0.180. The summed E-state index contributed by atoms with van der Waals surface area (Å²) in [6.07, 6.45) is 0.873. The Kier molecular flexibility index (Phi) is 5.38. The van der Waals surface area contributed by atoms with Crippen LogP contribution in [0.15, 0.2) is 18.2 Å². The summed E-state index contributed by atoms with van der Waals surface area (Å²) in [6.45, 7) is 2.03. The molecule has 0 spiro atoms. The van der Waals surface area contributed by atoms with Gasteiger partial charge in [-0.2, -0.15) is 0 Å². The van der Waals surface area contributed by atoms with Crippen LogP contribution in [0.1, 0.15) is 12.5 Å². The number of phenols is 1. The summed E-state index contributed by atoms with van der Waals surface area (Å²) in [5.41, 5.74) is 1.03. The van der Waals surface area contributed by atoms with Crippen molar-refractivity contribution in [3.05, 3.63) is 23.8 Å². The number of rotatable bonds is 2. The summed E-state index contributed by atoms with van der Waals surface area (Å²) in [5, 5.41) is 9.30. The van der Waals surface area contributed by atoms with Crippen molar-refractivity contribution in [2.24, 2.45) is 0 Å². The molecule has 0 aliphatic rings. The van der Waals surface area contributed by atoms with Crippen LogP contribution < -0.4 is 4.74 Å². The van der Waals surface area contributed by atoms with Crippen LogP contribution in [0, 0.1) is 0 Å². The summed E-state index contributed by atoms with van der Waals surface area (Å²) in [6, 6.07) is 5.38. The molecular formula is C9H13NaO2. The number of para-hydroxylation sites is 1. The van der Waals surface area contributed by atoms with Crippen LogP contribution in [-0.4, -0.2) is 41.8 Å². The van der Waals surface area contributed by atoms with Crippen LogP contribution in [0.2, 0.25) is 0 Å². The van der Waals surface area contributed by atoms with Crippen molar-refractivity contribution in [2.45, 2.75) is 13.3 Å². The van der Waals surface area contributed by atoms with Crippen molar-refractivity contribution in [3.63, 3.8) is 0 Å². The van der Waals surface area contributed by atoms with Gasteiger partial charge in [-0.25, -0.2) is 0 Å². The Morgan fingerprint density at radius 2 is 2.08 bits per heavy atom. The molecule has 1 N–H and O–H groups in total. The van der Waals surface area contributed by atoms with E-state index in [0.717, 1.165) is 12.0 Å². The molecule has 0 heterocycles. The molecule has 0 aromatic heterocycles. The van der Waals surface area contributed by atoms with Crippen molar-refractivity contribution >= 4 is 29.6 Å². The van der Waals surface area contributed by atoms with Crippen molar-refractivity contribution in [2.75, 3.05) is 7.11 Å². The van der Waals surface area contributed by atoms with E-state index in [4.69, 9.17) is 4.74 Å². The van der Waals surface area contributed by atoms with E-state index in [1.54, 1.807) is 13.2 Å². The Morgan fingerprint density at radius 3 is 2.50 bits per heavy atom. The van der Waals surface area contributed by atoms with Crippen molar-refractivity contribution < 1.29 is 9.84 Å². The zero-order chi connectivity index (χ0) is 8.27. The molecule has 12 heavy (non-hydrogen) atoms. The molecule has 0 radical (unpaired) electrons. The van der Waals surface area contributed by atoms with Gasteiger partial charge in [0, 0.05) is 0 Å². The fourth-order valence-corrected chi connectivity index (χ4v) is 1.09. The Balaban J connectivity index is 0.00000121. The topological polar surface area (TPSA) is 29.5 Å². The number of hydrogen-bond acceptors (Lipinski definition) is 2. The normalized spacial score (nSPS) is 8.83. The van der Waals surface area contributed by atoms with Crippen LogP contribution >= 0.6 is 0 Å². The summed E-state index contributed by atoms with van der Waals surface area (Å²) in [4.78, 5) is 0. The number of methoxy groups -OCH3 is 1. The van der Waals surface area contributed by atoms with Gasteiger partial charge < -0.3 is 9.84 Å². The summed E-state index contributed by atoms with van der Waals surface area (Å²) in [7, 11) is 1.56. The first-order valence-electron chi connectivity index (χ1n) is 3.64. The number of hydrogen-bond donors (Lipinski definition) is 1. The second-order valence-electron chi connectivity index (χ2n) is 2.32. The van der Waals surface area contributed by atoms with E-state index < -0.39 is 0 Å². The van der Waals surface area contributed by atoms with Crippen LogP contribution in [-0.2, 0) is 6.42 Å². The molecule has 0 unspecified atom stereocenters. The average Bonchev–Trinajstić information content (AvgIpc) is 2.04. The average molecular weight is 176 g/mol. The second kappa shape index (κ2) is 5.46. The third-order valence-electron chi connectivity index (χ3n) is 1.66. The van der Waals surface area contributed by atoms with E-state index >= 15 is 0 Å². The fourth-order valence-electron chi connectivity index (χ4n) is 1.09. The number of benzene rings is 1. The van der Waals surface area contributed by atoms with Gasteiger partial charge in [0.1, 0.15) is 0 Å². The predicted molar refractivity (Wildman–Crippen MR) is 51.2 cm³/mol.